The van der Waals surface area contributed by atoms with Crippen LogP contribution in [-0.2, 0) is 9.53 Å². The molecule has 1 aromatic rings. The summed E-state index contributed by atoms with van der Waals surface area (Å²) in [5.41, 5.74) is -0.139. The molecule has 1 atom stereocenters. The van der Waals surface area contributed by atoms with Crippen LogP contribution in [0, 0.1) is 0 Å². The lowest BCUT2D eigenvalue weighted by Gasteiger charge is -2.21. The van der Waals surface area contributed by atoms with Crippen molar-refractivity contribution in [2.75, 3.05) is 0 Å². The zero-order valence-corrected chi connectivity index (χ0v) is 8.32. The standard InChI is InChI=1S/C10H8F4O3/c11-9(12)10(13,14)17-7(8(15)16)6-4-2-1-3-5-6/h1-5,7,9H,(H,15,16). The molecule has 0 heterocycles. The third kappa shape index (κ3) is 3.42. The molecule has 1 aromatic carbocycles. The fourth-order valence-corrected chi connectivity index (χ4v) is 1.10. The van der Waals surface area contributed by atoms with Crippen molar-refractivity contribution in [3.05, 3.63) is 35.9 Å². The maximum atomic E-state index is 12.6. The molecule has 1 unspecified atom stereocenters. The van der Waals surface area contributed by atoms with Gasteiger partial charge in [-0.05, 0) is 5.56 Å². The summed E-state index contributed by atoms with van der Waals surface area (Å²) in [7, 11) is 0. The monoisotopic (exact) mass is 252 g/mol. The number of carboxylic acids is 1. The Bertz CT molecular complexity index is 380. The van der Waals surface area contributed by atoms with Crippen molar-refractivity contribution < 1.29 is 32.2 Å². The van der Waals surface area contributed by atoms with Crippen LogP contribution in [0.2, 0.25) is 0 Å². The molecule has 0 bridgehead atoms. The van der Waals surface area contributed by atoms with Gasteiger partial charge >= 0.3 is 18.5 Å². The highest BCUT2D eigenvalue weighted by molar-refractivity contribution is 5.74. The Morgan fingerprint density at radius 2 is 1.76 bits per heavy atom. The van der Waals surface area contributed by atoms with Crippen molar-refractivity contribution in [1.29, 1.82) is 0 Å². The molecule has 0 aliphatic heterocycles. The van der Waals surface area contributed by atoms with Gasteiger partial charge in [-0.1, -0.05) is 30.3 Å². The second-order valence-electron chi connectivity index (χ2n) is 3.11. The minimum Gasteiger partial charge on any atom is -0.479 e. The topological polar surface area (TPSA) is 46.5 Å². The minimum absolute atomic E-state index is 0.139. The van der Waals surface area contributed by atoms with Crippen molar-refractivity contribution in [2.45, 2.75) is 18.6 Å². The van der Waals surface area contributed by atoms with Crippen LogP contribution in [0.3, 0.4) is 0 Å². The van der Waals surface area contributed by atoms with Crippen LogP contribution in [0.15, 0.2) is 30.3 Å². The van der Waals surface area contributed by atoms with Crippen LogP contribution >= 0.6 is 0 Å². The molecule has 0 amide bonds. The lowest BCUT2D eigenvalue weighted by Crippen LogP contribution is -2.34. The third-order valence-corrected chi connectivity index (χ3v) is 1.86. The van der Waals surface area contributed by atoms with Gasteiger partial charge < -0.3 is 5.11 Å². The van der Waals surface area contributed by atoms with Gasteiger partial charge in [-0.3, -0.25) is 4.74 Å². The summed E-state index contributed by atoms with van der Waals surface area (Å²) in [6.45, 7) is 0. The molecule has 17 heavy (non-hydrogen) atoms. The van der Waals surface area contributed by atoms with Gasteiger partial charge in [0.15, 0.2) is 6.10 Å². The van der Waals surface area contributed by atoms with Gasteiger partial charge in [0.05, 0.1) is 0 Å². The normalized spacial score (nSPS) is 13.7. The fourth-order valence-electron chi connectivity index (χ4n) is 1.10. The maximum Gasteiger partial charge on any atom is 0.417 e. The second kappa shape index (κ2) is 5.13. The zero-order chi connectivity index (χ0) is 13.1. The van der Waals surface area contributed by atoms with Gasteiger partial charge in [0.2, 0.25) is 0 Å². The van der Waals surface area contributed by atoms with E-state index in [9.17, 15) is 22.4 Å². The number of aliphatic carboxylic acids is 1. The highest BCUT2D eigenvalue weighted by atomic mass is 19.3. The first-order chi connectivity index (χ1) is 7.84. The quantitative estimate of drug-likeness (QED) is 0.819. The molecule has 0 aromatic heterocycles. The molecule has 0 radical (unpaired) electrons. The number of rotatable bonds is 5. The van der Waals surface area contributed by atoms with Gasteiger partial charge in [0.25, 0.3) is 0 Å². The second-order valence-corrected chi connectivity index (χ2v) is 3.11. The summed E-state index contributed by atoms with van der Waals surface area (Å²) < 4.78 is 52.6. The van der Waals surface area contributed by atoms with Crippen molar-refractivity contribution >= 4 is 5.97 Å². The predicted molar refractivity (Wildman–Crippen MR) is 48.9 cm³/mol. The molecule has 0 aliphatic carbocycles. The van der Waals surface area contributed by atoms with Gasteiger partial charge in [0.1, 0.15) is 0 Å². The highest BCUT2D eigenvalue weighted by Gasteiger charge is 2.46. The largest absolute Gasteiger partial charge is 0.479 e. The minimum atomic E-state index is -4.81. The lowest BCUT2D eigenvalue weighted by molar-refractivity contribution is -0.317. The van der Waals surface area contributed by atoms with E-state index in [-0.39, 0.29) is 5.56 Å². The molecular formula is C10H8F4O3. The summed E-state index contributed by atoms with van der Waals surface area (Å²) in [6.07, 6.45) is -11.0. The Hall–Kier alpha value is -1.63. The molecular weight excluding hydrogens is 244 g/mol. The molecule has 0 saturated carbocycles. The first-order valence-corrected chi connectivity index (χ1v) is 4.46. The van der Waals surface area contributed by atoms with Crippen molar-refractivity contribution in [2.24, 2.45) is 0 Å². The highest BCUT2D eigenvalue weighted by Crippen LogP contribution is 2.31. The molecule has 0 spiro atoms. The number of carboxylic acid groups (broad SMARTS) is 1. The van der Waals surface area contributed by atoms with Gasteiger partial charge in [-0.25, -0.2) is 13.6 Å². The van der Waals surface area contributed by atoms with Gasteiger partial charge in [-0.2, -0.15) is 8.78 Å². The zero-order valence-electron chi connectivity index (χ0n) is 8.32. The molecule has 94 valence electrons. The number of ether oxygens (including phenoxy) is 1. The Morgan fingerprint density at radius 1 is 1.24 bits per heavy atom. The maximum absolute atomic E-state index is 12.6. The van der Waals surface area contributed by atoms with E-state index < -0.39 is 24.6 Å². The summed E-state index contributed by atoms with van der Waals surface area (Å²) in [5.74, 6) is -1.77. The number of alkyl halides is 4. The Balaban J connectivity index is 2.93. The van der Waals surface area contributed by atoms with Crippen molar-refractivity contribution in [3.8, 4) is 0 Å². The molecule has 1 rings (SSSR count). The summed E-state index contributed by atoms with van der Waals surface area (Å²) >= 11 is 0. The van der Waals surface area contributed by atoms with Gasteiger partial charge in [-0.15, -0.1) is 0 Å². The van der Waals surface area contributed by atoms with Crippen molar-refractivity contribution in [1.82, 2.24) is 0 Å². The summed E-state index contributed by atoms with van der Waals surface area (Å²) in [6, 6.07) is 6.68. The first kappa shape index (κ1) is 13.4. The van der Waals surface area contributed by atoms with E-state index in [4.69, 9.17) is 5.11 Å². The fraction of sp³-hybridized carbons (Fsp3) is 0.300. The van der Waals surface area contributed by atoms with E-state index in [0.717, 1.165) is 0 Å². The molecule has 0 aliphatic rings. The predicted octanol–water partition coefficient (Wildman–Crippen LogP) is 2.69. The van der Waals surface area contributed by atoms with Gasteiger partial charge in [0, 0.05) is 0 Å². The van der Waals surface area contributed by atoms with Crippen molar-refractivity contribution in [3.63, 3.8) is 0 Å². The number of carbonyl (C=O) groups is 1. The van der Waals surface area contributed by atoms with E-state index >= 15 is 0 Å². The van der Waals surface area contributed by atoms with Crippen LogP contribution in [0.25, 0.3) is 0 Å². The molecule has 1 N–H and O–H groups in total. The van der Waals surface area contributed by atoms with Crippen LogP contribution < -0.4 is 0 Å². The summed E-state index contributed by atoms with van der Waals surface area (Å²) in [5, 5.41) is 8.67. The Labute approximate surface area is 93.6 Å². The van der Waals surface area contributed by atoms with Crippen LogP contribution in [0.5, 0.6) is 0 Å². The van der Waals surface area contributed by atoms with E-state index in [1.54, 1.807) is 0 Å². The van der Waals surface area contributed by atoms with Crippen LogP contribution in [-0.4, -0.2) is 23.6 Å². The molecule has 3 nitrogen and oxygen atoms in total. The SMILES string of the molecule is O=C(O)C(OC(F)(F)C(F)F)c1ccccc1. The number of hydrogen-bond donors (Lipinski definition) is 1. The number of hydrogen-bond acceptors (Lipinski definition) is 2. The average molecular weight is 252 g/mol. The van der Waals surface area contributed by atoms with Crippen LogP contribution in [0.4, 0.5) is 17.6 Å². The van der Waals surface area contributed by atoms with E-state index in [1.165, 1.54) is 30.3 Å². The molecule has 0 fully saturated rings. The first-order valence-electron chi connectivity index (χ1n) is 4.46. The molecule has 7 heteroatoms. The third-order valence-electron chi connectivity index (χ3n) is 1.86. The summed E-state index contributed by atoms with van der Waals surface area (Å²) in [4.78, 5) is 10.7. The number of halogens is 4. The van der Waals surface area contributed by atoms with Crippen LogP contribution in [0.1, 0.15) is 11.7 Å². The van der Waals surface area contributed by atoms with E-state index in [1.807, 2.05) is 0 Å². The Kier molecular flexibility index (Phi) is 4.06. The van der Waals surface area contributed by atoms with E-state index in [2.05, 4.69) is 4.74 Å². The molecule has 0 saturated heterocycles. The smallest absolute Gasteiger partial charge is 0.417 e. The average Bonchev–Trinajstić information content (AvgIpc) is 2.26. The number of benzene rings is 1. The van der Waals surface area contributed by atoms with E-state index in [0.29, 0.717) is 0 Å². The Morgan fingerprint density at radius 3 is 2.18 bits per heavy atom. The lowest BCUT2D eigenvalue weighted by atomic mass is 10.1.